The van der Waals surface area contributed by atoms with Crippen molar-refractivity contribution in [2.24, 2.45) is 0 Å². The van der Waals surface area contributed by atoms with E-state index in [1.807, 2.05) is 18.2 Å². The highest BCUT2D eigenvalue weighted by molar-refractivity contribution is 5.43. The van der Waals surface area contributed by atoms with Crippen LogP contribution in [0.2, 0.25) is 0 Å². The van der Waals surface area contributed by atoms with Crippen molar-refractivity contribution in [3.05, 3.63) is 69.8 Å². The number of non-ortho nitro benzene ring substituents is 1. The fourth-order valence-electron chi connectivity index (χ4n) is 2.61. The Morgan fingerprint density at radius 1 is 1.13 bits per heavy atom. The van der Waals surface area contributed by atoms with Crippen LogP contribution in [0.1, 0.15) is 24.5 Å². The zero-order valence-corrected chi connectivity index (χ0v) is 13.6. The van der Waals surface area contributed by atoms with Gasteiger partial charge in [-0.15, -0.1) is 0 Å². The van der Waals surface area contributed by atoms with Crippen LogP contribution in [0.3, 0.4) is 0 Å². The van der Waals surface area contributed by atoms with Crippen LogP contribution >= 0.6 is 0 Å². The first kappa shape index (κ1) is 17.0. The molecule has 0 spiro atoms. The summed E-state index contributed by atoms with van der Waals surface area (Å²) in [6, 6.07) is 15.0. The van der Waals surface area contributed by atoms with Crippen LogP contribution in [0.25, 0.3) is 0 Å². The van der Waals surface area contributed by atoms with Gasteiger partial charge in [0.05, 0.1) is 12.0 Å². The van der Waals surface area contributed by atoms with E-state index in [0.29, 0.717) is 12.3 Å². The maximum atomic E-state index is 11.0. The van der Waals surface area contributed by atoms with E-state index >= 15 is 0 Å². The number of nitrogens with zero attached hydrogens (tertiary/aromatic N) is 2. The second-order valence-electron chi connectivity index (χ2n) is 5.45. The maximum Gasteiger partial charge on any atom is 0.270 e. The molecule has 0 aliphatic heterocycles. The molecule has 5 nitrogen and oxygen atoms in total. The first-order valence-electron chi connectivity index (χ1n) is 7.71. The summed E-state index contributed by atoms with van der Waals surface area (Å²) in [4.78, 5) is 12.9. The lowest BCUT2D eigenvalue weighted by atomic mass is 10.1. The molecule has 0 unspecified atom stereocenters. The van der Waals surface area contributed by atoms with Crippen molar-refractivity contribution in [3.8, 4) is 5.75 Å². The zero-order valence-electron chi connectivity index (χ0n) is 13.6. The van der Waals surface area contributed by atoms with E-state index in [1.54, 1.807) is 19.2 Å². The van der Waals surface area contributed by atoms with Crippen molar-refractivity contribution >= 4 is 5.69 Å². The van der Waals surface area contributed by atoms with Crippen LogP contribution in [0.4, 0.5) is 5.69 Å². The summed E-state index contributed by atoms with van der Waals surface area (Å²) >= 11 is 0. The molecule has 0 bridgehead atoms. The number of methoxy groups -OCH3 is 1. The predicted octanol–water partition coefficient (Wildman–Crippen LogP) is 4.02. The fraction of sp³-hybridized carbons (Fsp3) is 0.333. The van der Waals surface area contributed by atoms with Crippen molar-refractivity contribution in [2.45, 2.75) is 26.4 Å². The number of hydrogen-bond donors (Lipinski definition) is 0. The molecule has 2 rings (SSSR count). The lowest BCUT2D eigenvalue weighted by Crippen LogP contribution is -2.24. The topological polar surface area (TPSA) is 55.6 Å². The molecule has 0 aromatic heterocycles. The van der Waals surface area contributed by atoms with Gasteiger partial charge >= 0.3 is 0 Å². The van der Waals surface area contributed by atoms with Crippen molar-refractivity contribution in [3.63, 3.8) is 0 Å². The van der Waals surface area contributed by atoms with Crippen LogP contribution in [-0.4, -0.2) is 23.5 Å². The molecule has 2 aromatic carbocycles. The summed E-state index contributed by atoms with van der Waals surface area (Å²) in [5.41, 5.74) is 2.16. The molecule has 0 atom stereocenters. The zero-order chi connectivity index (χ0) is 16.7. The van der Waals surface area contributed by atoms with Gasteiger partial charge in [-0.25, -0.2) is 0 Å². The highest BCUT2D eigenvalue weighted by Gasteiger charge is 2.14. The molecule has 122 valence electrons. The first-order chi connectivity index (χ1) is 11.1. The van der Waals surface area contributed by atoms with Gasteiger partial charge in [-0.1, -0.05) is 37.3 Å². The Bertz CT molecular complexity index is 644. The molecule has 0 saturated heterocycles. The van der Waals surface area contributed by atoms with E-state index < -0.39 is 0 Å². The van der Waals surface area contributed by atoms with Crippen molar-refractivity contribution in [1.29, 1.82) is 0 Å². The summed E-state index contributed by atoms with van der Waals surface area (Å²) in [5, 5.41) is 11.0. The molecule has 0 heterocycles. The Kier molecular flexibility index (Phi) is 6.11. The third-order valence-corrected chi connectivity index (χ3v) is 3.66. The maximum absolute atomic E-state index is 11.0. The summed E-state index contributed by atoms with van der Waals surface area (Å²) in [7, 11) is 1.59. The van der Waals surface area contributed by atoms with Crippen LogP contribution in [0.5, 0.6) is 5.75 Å². The molecular formula is C18H22N2O3. The number of hydrogen-bond acceptors (Lipinski definition) is 4. The smallest absolute Gasteiger partial charge is 0.270 e. The third kappa shape index (κ3) is 4.79. The molecule has 0 N–H and O–H groups in total. The van der Waals surface area contributed by atoms with E-state index in [0.717, 1.165) is 25.1 Å². The summed E-state index contributed by atoms with van der Waals surface area (Å²) < 4.78 is 5.36. The van der Waals surface area contributed by atoms with E-state index in [-0.39, 0.29) is 10.6 Å². The van der Waals surface area contributed by atoms with Gasteiger partial charge < -0.3 is 4.74 Å². The molecule has 0 aliphatic carbocycles. The molecular weight excluding hydrogens is 292 g/mol. The number of ether oxygens (including phenoxy) is 1. The van der Waals surface area contributed by atoms with Crippen molar-refractivity contribution in [2.75, 3.05) is 13.7 Å². The van der Waals surface area contributed by atoms with Crippen molar-refractivity contribution in [1.82, 2.24) is 4.90 Å². The molecule has 23 heavy (non-hydrogen) atoms. The van der Waals surface area contributed by atoms with Gasteiger partial charge in [0.2, 0.25) is 0 Å². The van der Waals surface area contributed by atoms with Crippen LogP contribution < -0.4 is 4.74 Å². The Morgan fingerprint density at radius 2 is 1.87 bits per heavy atom. The van der Waals surface area contributed by atoms with Crippen LogP contribution in [-0.2, 0) is 13.1 Å². The quantitative estimate of drug-likeness (QED) is 0.545. The lowest BCUT2D eigenvalue weighted by molar-refractivity contribution is -0.385. The molecule has 0 aliphatic rings. The second kappa shape index (κ2) is 8.29. The summed E-state index contributed by atoms with van der Waals surface area (Å²) in [6.07, 6.45) is 1.02. The average molecular weight is 314 g/mol. The molecule has 0 saturated carbocycles. The normalized spacial score (nSPS) is 10.7. The van der Waals surface area contributed by atoms with E-state index in [1.165, 1.54) is 11.6 Å². The Balaban J connectivity index is 2.21. The fourth-order valence-corrected chi connectivity index (χ4v) is 2.61. The molecule has 0 radical (unpaired) electrons. The molecule has 0 fully saturated rings. The van der Waals surface area contributed by atoms with Gasteiger partial charge in [0.15, 0.2) is 0 Å². The minimum absolute atomic E-state index is 0.0944. The van der Waals surface area contributed by atoms with Crippen LogP contribution in [0, 0.1) is 10.1 Å². The lowest BCUT2D eigenvalue weighted by Gasteiger charge is -2.23. The van der Waals surface area contributed by atoms with E-state index in [4.69, 9.17) is 4.74 Å². The molecule has 2 aromatic rings. The van der Waals surface area contributed by atoms with Gasteiger partial charge in [0, 0.05) is 30.8 Å². The number of nitro groups is 1. The van der Waals surface area contributed by atoms with Gasteiger partial charge in [0.1, 0.15) is 5.75 Å². The summed E-state index contributed by atoms with van der Waals surface area (Å²) in [5.74, 6) is 0.685. The Labute approximate surface area is 136 Å². The monoisotopic (exact) mass is 314 g/mol. The third-order valence-electron chi connectivity index (χ3n) is 3.66. The summed E-state index contributed by atoms with van der Waals surface area (Å²) in [6.45, 7) is 4.47. The minimum Gasteiger partial charge on any atom is -0.496 e. The van der Waals surface area contributed by atoms with Crippen LogP contribution in [0.15, 0.2) is 48.5 Å². The number of rotatable bonds is 8. The number of nitro benzene ring substituents is 1. The van der Waals surface area contributed by atoms with Gasteiger partial charge in [0.25, 0.3) is 5.69 Å². The highest BCUT2D eigenvalue weighted by atomic mass is 16.6. The minimum atomic E-state index is -0.371. The van der Waals surface area contributed by atoms with Gasteiger partial charge in [-0.3, -0.25) is 15.0 Å². The average Bonchev–Trinajstić information content (AvgIpc) is 2.56. The van der Waals surface area contributed by atoms with Gasteiger partial charge in [-0.05, 0) is 24.6 Å². The Morgan fingerprint density at radius 3 is 2.48 bits per heavy atom. The van der Waals surface area contributed by atoms with Gasteiger partial charge in [-0.2, -0.15) is 0 Å². The Hall–Kier alpha value is -2.40. The standard InChI is InChI=1S/C18H22N2O3/c1-3-11-19(13-15-7-5-4-6-8-15)14-16-12-17(20(21)22)9-10-18(16)23-2/h4-10,12H,3,11,13-14H2,1-2H3. The predicted molar refractivity (Wildman–Crippen MR) is 90.5 cm³/mol. The highest BCUT2D eigenvalue weighted by Crippen LogP contribution is 2.26. The van der Waals surface area contributed by atoms with E-state index in [2.05, 4.69) is 24.0 Å². The first-order valence-corrected chi connectivity index (χ1v) is 7.71. The van der Waals surface area contributed by atoms with Crippen molar-refractivity contribution < 1.29 is 9.66 Å². The van der Waals surface area contributed by atoms with E-state index in [9.17, 15) is 10.1 Å². The number of benzene rings is 2. The largest absolute Gasteiger partial charge is 0.496 e. The SMILES string of the molecule is CCCN(Cc1ccccc1)Cc1cc([N+](=O)[O-])ccc1OC. The molecule has 5 heteroatoms. The molecule has 0 amide bonds. The second-order valence-corrected chi connectivity index (χ2v) is 5.45.